The van der Waals surface area contributed by atoms with Crippen LogP contribution in [0.25, 0.3) is 0 Å². The van der Waals surface area contributed by atoms with Crippen LogP contribution in [0.4, 0.5) is 13.2 Å². The Kier molecular flexibility index (Phi) is 8.45. The van der Waals surface area contributed by atoms with Gasteiger partial charge in [0.2, 0.25) is 0 Å². The normalized spacial score (nSPS) is 15.2. The minimum Gasteiger partial charge on any atom is -0.492 e. The van der Waals surface area contributed by atoms with Crippen molar-refractivity contribution < 1.29 is 17.9 Å². The van der Waals surface area contributed by atoms with E-state index in [4.69, 9.17) is 4.74 Å². The summed E-state index contributed by atoms with van der Waals surface area (Å²) in [7, 11) is 0. The molecule has 1 aliphatic heterocycles. The highest BCUT2D eigenvalue weighted by Crippen LogP contribution is 2.32. The number of ether oxygens (including phenoxy) is 1. The monoisotopic (exact) mass is 331 g/mol. The molecule has 2 nitrogen and oxygen atoms in total. The number of rotatable bonds is 5. The third-order valence-electron chi connectivity index (χ3n) is 3.87. The summed E-state index contributed by atoms with van der Waals surface area (Å²) in [6, 6.07) is 3.60. The van der Waals surface area contributed by atoms with E-state index < -0.39 is 11.7 Å². The number of hydrogen-bond acceptors (Lipinski definition) is 2. The number of likely N-dealkylation sites (tertiary alicyclic amines) is 1. The first kappa shape index (κ1) is 19.8. The predicted octanol–water partition coefficient (Wildman–Crippen LogP) is 5.29. The van der Waals surface area contributed by atoms with Crippen LogP contribution in [0, 0.1) is 6.92 Å². The van der Waals surface area contributed by atoms with Crippen LogP contribution in [0.3, 0.4) is 0 Å². The van der Waals surface area contributed by atoms with E-state index in [-0.39, 0.29) is 0 Å². The Morgan fingerprint density at radius 2 is 1.70 bits per heavy atom. The molecule has 1 saturated heterocycles. The minimum atomic E-state index is -4.29. The fraction of sp³-hybridized carbons (Fsp3) is 0.667. The molecule has 5 heteroatoms. The van der Waals surface area contributed by atoms with Gasteiger partial charge in [0.25, 0.3) is 0 Å². The number of nitrogens with zero attached hydrogens (tertiary/aromatic N) is 1. The predicted molar refractivity (Wildman–Crippen MR) is 87.9 cm³/mol. The number of benzene rings is 1. The van der Waals surface area contributed by atoms with Crippen LogP contribution in [0.15, 0.2) is 18.2 Å². The maximum absolute atomic E-state index is 12.5. The molecule has 1 heterocycles. The minimum absolute atomic E-state index is 0.520. The standard InChI is InChI=1S/C14H18F3NO.C4H10/c1-11-10-12(14(15,16)17)4-5-13(11)19-9-8-18-6-2-3-7-18;1-3-4-2/h4-5,10H,2-3,6-9H2,1H3;3-4H2,1-2H3. The van der Waals surface area contributed by atoms with Crippen molar-refractivity contribution in [3.63, 3.8) is 0 Å². The van der Waals surface area contributed by atoms with Crippen LogP contribution >= 0.6 is 0 Å². The van der Waals surface area contributed by atoms with E-state index in [1.54, 1.807) is 6.92 Å². The lowest BCUT2D eigenvalue weighted by Crippen LogP contribution is -2.25. The van der Waals surface area contributed by atoms with E-state index in [1.807, 2.05) is 0 Å². The average molecular weight is 331 g/mol. The van der Waals surface area contributed by atoms with Crippen molar-refractivity contribution in [3.05, 3.63) is 29.3 Å². The highest BCUT2D eigenvalue weighted by atomic mass is 19.4. The number of halogens is 3. The Balaban J connectivity index is 0.000000593. The zero-order chi connectivity index (χ0) is 17.3. The molecule has 0 atom stereocenters. The van der Waals surface area contributed by atoms with E-state index in [0.717, 1.165) is 31.8 Å². The molecule has 0 saturated carbocycles. The van der Waals surface area contributed by atoms with Crippen LogP contribution in [0.5, 0.6) is 5.75 Å². The Morgan fingerprint density at radius 3 is 2.17 bits per heavy atom. The molecule has 0 aromatic heterocycles. The summed E-state index contributed by atoms with van der Waals surface area (Å²) in [5.74, 6) is 0.534. The van der Waals surface area contributed by atoms with Crippen molar-refractivity contribution in [2.75, 3.05) is 26.2 Å². The molecule has 0 N–H and O–H groups in total. The summed E-state index contributed by atoms with van der Waals surface area (Å²) >= 11 is 0. The Labute approximate surface area is 137 Å². The first-order valence-corrected chi connectivity index (χ1v) is 8.41. The molecule has 0 aliphatic carbocycles. The van der Waals surface area contributed by atoms with Gasteiger partial charge in [-0.3, -0.25) is 4.90 Å². The SMILES string of the molecule is CCCC.Cc1cc(C(F)(F)F)ccc1OCCN1CCCC1. The van der Waals surface area contributed by atoms with E-state index in [0.29, 0.717) is 17.9 Å². The molecule has 0 radical (unpaired) electrons. The summed E-state index contributed by atoms with van der Waals surface area (Å²) in [4.78, 5) is 2.30. The largest absolute Gasteiger partial charge is 0.492 e. The van der Waals surface area contributed by atoms with Crippen molar-refractivity contribution in [1.82, 2.24) is 4.90 Å². The Bertz CT molecular complexity index is 452. The molecule has 0 unspecified atom stereocenters. The highest BCUT2D eigenvalue weighted by Gasteiger charge is 2.30. The van der Waals surface area contributed by atoms with Gasteiger partial charge in [-0.25, -0.2) is 0 Å². The van der Waals surface area contributed by atoms with Crippen molar-refractivity contribution in [3.8, 4) is 5.75 Å². The van der Waals surface area contributed by atoms with E-state index in [2.05, 4.69) is 18.7 Å². The molecule has 1 aromatic carbocycles. The van der Waals surface area contributed by atoms with Crippen LogP contribution in [-0.2, 0) is 6.18 Å². The van der Waals surface area contributed by atoms with E-state index >= 15 is 0 Å². The topological polar surface area (TPSA) is 12.5 Å². The lowest BCUT2D eigenvalue weighted by Gasteiger charge is -2.16. The van der Waals surface area contributed by atoms with Crippen molar-refractivity contribution in [1.29, 1.82) is 0 Å². The van der Waals surface area contributed by atoms with Gasteiger partial charge in [0.15, 0.2) is 0 Å². The molecule has 1 fully saturated rings. The molecule has 1 aromatic rings. The van der Waals surface area contributed by atoms with Gasteiger partial charge in [-0.15, -0.1) is 0 Å². The van der Waals surface area contributed by atoms with Gasteiger partial charge in [0.05, 0.1) is 5.56 Å². The molecule has 0 amide bonds. The molecule has 23 heavy (non-hydrogen) atoms. The molecular formula is C18H28F3NO. The second-order valence-electron chi connectivity index (χ2n) is 5.88. The molecule has 2 rings (SSSR count). The highest BCUT2D eigenvalue weighted by molar-refractivity contribution is 5.37. The number of aryl methyl sites for hydroxylation is 1. The van der Waals surface area contributed by atoms with Gasteiger partial charge in [-0.2, -0.15) is 13.2 Å². The van der Waals surface area contributed by atoms with Gasteiger partial charge < -0.3 is 4.74 Å². The zero-order valence-corrected chi connectivity index (χ0v) is 14.4. The first-order valence-electron chi connectivity index (χ1n) is 8.41. The maximum atomic E-state index is 12.5. The molecular weight excluding hydrogens is 303 g/mol. The van der Waals surface area contributed by atoms with E-state index in [1.165, 1.54) is 31.7 Å². The molecule has 132 valence electrons. The summed E-state index contributed by atoms with van der Waals surface area (Å²) in [5.41, 5.74) is -0.104. The fourth-order valence-electron chi connectivity index (χ4n) is 2.28. The Morgan fingerprint density at radius 1 is 1.09 bits per heavy atom. The van der Waals surface area contributed by atoms with Crippen LogP contribution in [0.2, 0.25) is 0 Å². The number of alkyl halides is 3. The van der Waals surface area contributed by atoms with Crippen molar-refractivity contribution >= 4 is 0 Å². The lowest BCUT2D eigenvalue weighted by molar-refractivity contribution is -0.137. The van der Waals surface area contributed by atoms with Gasteiger partial charge in [0, 0.05) is 6.54 Å². The van der Waals surface area contributed by atoms with Crippen LogP contribution < -0.4 is 4.74 Å². The molecule has 1 aliphatic rings. The summed E-state index contributed by atoms with van der Waals surface area (Å²) in [6.45, 7) is 9.54. The summed E-state index contributed by atoms with van der Waals surface area (Å²) < 4.78 is 43.1. The zero-order valence-electron chi connectivity index (χ0n) is 14.4. The summed E-state index contributed by atoms with van der Waals surface area (Å²) in [6.07, 6.45) is 0.789. The smallest absolute Gasteiger partial charge is 0.416 e. The van der Waals surface area contributed by atoms with Gasteiger partial charge in [-0.05, 0) is 56.6 Å². The fourth-order valence-corrected chi connectivity index (χ4v) is 2.28. The van der Waals surface area contributed by atoms with Gasteiger partial charge in [-0.1, -0.05) is 26.7 Å². The third-order valence-corrected chi connectivity index (χ3v) is 3.87. The second kappa shape index (κ2) is 9.81. The van der Waals surface area contributed by atoms with Crippen molar-refractivity contribution in [2.45, 2.75) is 52.6 Å². The average Bonchev–Trinajstić information content (AvgIpc) is 3.01. The second-order valence-corrected chi connectivity index (χ2v) is 5.88. The summed E-state index contributed by atoms with van der Waals surface area (Å²) in [5, 5.41) is 0. The number of hydrogen-bond donors (Lipinski definition) is 0. The quantitative estimate of drug-likeness (QED) is 0.726. The van der Waals surface area contributed by atoms with Crippen molar-refractivity contribution in [2.24, 2.45) is 0 Å². The van der Waals surface area contributed by atoms with Gasteiger partial charge in [0.1, 0.15) is 12.4 Å². The third kappa shape index (κ3) is 7.25. The van der Waals surface area contributed by atoms with E-state index in [9.17, 15) is 13.2 Å². The van der Waals surface area contributed by atoms with Crippen LogP contribution in [-0.4, -0.2) is 31.1 Å². The maximum Gasteiger partial charge on any atom is 0.416 e. The lowest BCUT2D eigenvalue weighted by atomic mass is 10.1. The molecule has 0 bridgehead atoms. The van der Waals surface area contributed by atoms with Crippen LogP contribution in [0.1, 0.15) is 50.7 Å². The Hall–Kier alpha value is -1.23. The number of unbranched alkanes of at least 4 members (excludes halogenated alkanes) is 1. The molecule has 0 spiro atoms. The van der Waals surface area contributed by atoms with Gasteiger partial charge >= 0.3 is 6.18 Å². The first-order chi connectivity index (χ1) is 10.9.